The average molecular weight is 388 g/mol. The van der Waals surface area contributed by atoms with E-state index in [9.17, 15) is 9.59 Å². The van der Waals surface area contributed by atoms with E-state index in [2.05, 4.69) is 9.47 Å². The van der Waals surface area contributed by atoms with Crippen LogP contribution < -0.4 is 0 Å². The Hall–Kier alpha value is -1.34. The van der Waals surface area contributed by atoms with Gasteiger partial charge in [0.25, 0.3) is 0 Å². The Balaban J connectivity index is -0.000000397. The molecule has 0 radical (unpaired) electrons. The fourth-order valence-corrected chi connectivity index (χ4v) is 1.09. The van der Waals surface area contributed by atoms with Crippen LogP contribution in [0.25, 0.3) is 0 Å². The van der Waals surface area contributed by atoms with Gasteiger partial charge in [-0.2, -0.15) is 0 Å². The summed E-state index contributed by atoms with van der Waals surface area (Å²) < 4.78 is 9.24. The third-order valence-corrected chi connectivity index (χ3v) is 2.24. The van der Waals surface area contributed by atoms with E-state index in [4.69, 9.17) is 35.7 Å². The SMILES string of the molecule is O=C(O)CCCCC(=O)OCC(O)CO.OCCO.OCCOCCO. The Kier molecular flexibility index (Phi) is 29.3. The van der Waals surface area contributed by atoms with Gasteiger partial charge in [0.15, 0.2) is 0 Å². The van der Waals surface area contributed by atoms with Crippen molar-refractivity contribution in [3.8, 4) is 0 Å². The minimum atomic E-state index is -1.05. The Morgan fingerprint density at radius 2 is 1.31 bits per heavy atom. The maximum Gasteiger partial charge on any atom is 0.305 e. The summed E-state index contributed by atoms with van der Waals surface area (Å²) in [6.07, 6.45) is -0.0151. The molecule has 0 aromatic rings. The van der Waals surface area contributed by atoms with Crippen molar-refractivity contribution in [2.45, 2.75) is 31.8 Å². The van der Waals surface area contributed by atoms with Crippen molar-refractivity contribution in [1.29, 1.82) is 0 Å². The Bertz CT molecular complexity index is 293. The van der Waals surface area contributed by atoms with Crippen LogP contribution in [0.15, 0.2) is 0 Å². The number of carbonyl (C=O) groups excluding carboxylic acids is 1. The summed E-state index contributed by atoms with van der Waals surface area (Å²) >= 11 is 0. The molecule has 0 amide bonds. The molecular formula is C15H32O11. The van der Waals surface area contributed by atoms with E-state index in [0.29, 0.717) is 26.1 Å². The van der Waals surface area contributed by atoms with Crippen molar-refractivity contribution >= 4 is 11.9 Å². The van der Waals surface area contributed by atoms with E-state index in [0.717, 1.165) is 0 Å². The van der Waals surface area contributed by atoms with Gasteiger partial charge < -0.3 is 45.2 Å². The minimum Gasteiger partial charge on any atom is -0.481 e. The fourth-order valence-electron chi connectivity index (χ4n) is 1.09. The number of esters is 1. The summed E-state index contributed by atoms with van der Waals surface area (Å²) in [7, 11) is 0. The van der Waals surface area contributed by atoms with Gasteiger partial charge in [-0.05, 0) is 12.8 Å². The zero-order valence-corrected chi connectivity index (χ0v) is 14.8. The van der Waals surface area contributed by atoms with Crippen molar-refractivity contribution in [3.05, 3.63) is 0 Å². The number of unbranched alkanes of at least 4 members (excludes halogenated alkanes) is 1. The molecule has 158 valence electrons. The molecule has 7 N–H and O–H groups in total. The minimum absolute atomic E-state index is 0.0278. The quantitative estimate of drug-likeness (QED) is 0.130. The number of aliphatic carboxylic acids is 1. The second kappa shape index (κ2) is 25.9. The fraction of sp³-hybridized carbons (Fsp3) is 0.867. The molecule has 1 atom stereocenters. The molecule has 0 saturated heterocycles. The molecule has 0 spiro atoms. The maximum atomic E-state index is 10.9. The second-order valence-electron chi connectivity index (χ2n) is 4.63. The highest BCUT2D eigenvalue weighted by Gasteiger charge is 2.07. The van der Waals surface area contributed by atoms with Crippen LogP contribution >= 0.6 is 0 Å². The summed E-state index contributed by atoms with van der Waals surface area (Å²) in [5, 5.41) is 57.0. The van der Waals surface area contributed by atoms with Crippen molar-refractivity contribution in [2.75, 3.05) is 52.9 Å². The molecule has 1 unspecified atom stereocenters. The zero-order valence-electron chi connectivity index (χ0n) is 14.8. The lowest BCUT2D eigenvalue weighted by atomic mass is 10.2. The standard InChI is InChI=1S/C9H16O6.C4H10O3.C2H6O2/c10-5-7(11)6-15-9(14)4-2-1-3-8(12)13;5-1-3-7-4-2-6;3-1-2-4/h7,10-11H,1-6H2,(H,12,13);5-6H,1-4H2;3-4H,1-2H2. The summed E-state index contributed by atoms with van der Waals surface area (Å²) in [6.45, 7) is -0.234. The lowest BCUT2D eigenvalue weighted by Crippen LogP contribution is -2.21. The average Bonchev–Trinajstić information content (AvgIpc) is 2.64. The summed E-state index contributed by atoms with van der Waals surface area (Å²) in [4.78, 5) is 21.1. The van der Waals surface area contributed by atoms with Gasteiger partial charge in [0.1, 0.15) is 12.7 Å². The molecule has 0 saturated carbocycles. The number of hydrogen-bond donors (Lipinski definition) is 7. The number of ether oxygens (including phenoxy) is 2. The van der Waals surface area contributed by atoms with Gasteiger partial charge in [0.05, 0.1) is 46.2 Å². The molecule has 0 aliphatic rings. The predicted molar refractivity (Wildman–Crippen MR) is 89.3 cm³/mol. The molecule has 26 heavy (non-hydrogen) atoms. The smallest absolute Gasteiger partial charge is 0.305 e. The van der Waals surface area contributed by atoms with Gasteiger partial charge in [0.2, 0.25) is 0 Å². The Morgan fingerprint density at radius 1 is 0.808 bits per heavy atom. The largest absolute Gasteiger partial charge is 0.481 e. The molecule has 0 aliphatic carbocycles. The topological polar surface area (TPSA) is 194 Å². The van der Waals surface area contributed by atoms with Crippen LogP contribution in [-0.4, -0.2) is 107 Å². The lowest BCUT2D eigenvalue weighted by molar-refractivity contribution is -0.147. The van der Waals surface area contributed by atoms with Gasteiger partial charge in [-0.25, -0.2) is 0 Å². The van der Waals surface area contributed by atoms with Crippen LogP contribution in [-0.2, 0) is 19.1 Å². The van der Waals surface area contributed by atoms with Crippen LogP contribution in [0, 0.1) is 0 Å². The third kappa shape index (κ3) is 34.1. The molecule has 0 aromatic carbocycles. The van der Waals surface area contributed by atoms with Crippen molar-refractivity contribution in [2.24, 2.45) is 0 Å². The third-order valence-electron chi connectivity index (χ3n) is 2.24. The number of aliphatic hydroxyl groups excluding tert-OH is 6. The van der Waals surface area contributed by atoms with Crippen molar-refractivity contribution in [1.82, 2.24) is 0 Å². The van der Waals surface area contributed by atoms with E-state index in [1.165, 1.54) is 0 Å². The van der Waals surface area contributed by atoms with Crippen molar-refractivity contribution in [3.63, 3.8) is 0 Å². The van der Waals surface area contributed by atoms with Gasteiger partial charge in [0, 0.05) is 12.8 Å². The molecule has 0 aromatic heterocycles. The number of aliphatic hydroxyl groups is 6. The highest BCUT2D eigenvalue weighted by molar-refractivity contribution is 5.69. The first kappa shape index (κ1) is 29.4. The highest BCUT2D eigenvalue weighted by atomic mass is 16.5. The normalized spacial score (nSPS) is 10.7. The van der Waals surface area contributed by atoms with E-state index in [1.807, 2.05) is 0 Å². The van der Waals surface area contributed by atoms with Gasteiger partial charge >= 0.3 is 11.9 Å². The Morgan fingerprint density at radius 3 is 1.69 bits per heavy atom. The number of hydrogen-bond acceptors (Lipinski definition) is 10. The Labute approximate surface area is 152 Å². The number of rotatable bonds is 13. The monoisotopic (exact) mass is 388 g/mol. The number of carboxylic acid groups (broad SMARTS) is 1. The van der Waals surface area contributed by atoms with Crippen molar-refractivity contribution < 1.29 is 54.8 Å². The molecule has 0 fully saturated rings. The van der Waals surface area contributed by atoms with Crippen LogP contribution in [0.5, 0.6) is 0 Å². The molecule has 0 heterocycles. The molecular weight excluding hydrogens is 356 g/mol. The zero-order chi connectivity index (χ0) is 20.6. The summed E-state index contributed by atoms with van der Waals surface area (Å²) in [6, 6.07) is 0. The number of carboxylic acids is 1. The highest BCUT2D eigenvalue weighted by Crippen LogP contribution is 2.01. The van der Waals surface area contributed by atoms with Gasteiger partial charge in [-0.3, -0.25) is 9.59 Å². The molecule has 0 bridgehead atoms. The van der Waals surface area contributed by atoms with Crippen LogP contribution in [0.1, 0.15) is 25.7 Å². The first-order valence-electron chi connectivity index (χ1n) is 8.06. The van der Waals surface area contributed by atoms with E-state index < -0.39 is 24.6 Å². The summed E-state index contributed by atoms with van der Waals surface area (Å²) in [5.41, 5.74) is 0. The van der Waals surface area contributed by atoms with Crippen LogP contribution in [0.3, 0.4) is 0 Å². The molecule has 11 nitrogen and oxygen atoms in total. The predicted octanol–water partition coefficient (Wildman–Crippen LogP) is -2.51. The summed E-state index contributed by atoms with van der Waals surface area (Å²) in [5.74, 6) is -1.38. The first-order valence-corrected chi connectivity index (χ1v) is 8.06. The second-order valence-corrected chi connectivity index (χ2v) is 4.63. The maximum absolute atomic E-state index is 10.9. The van der Waals surface area contributed by atoms with Crippen LogP contribution in [0.4, 0.5) is 0 Å². The van der Waals surface area contributed by atoms with E-state index in [-0.39, 0.29) is 45.9 Å². The van der Waals surface area contributed by atoms with Gasteiger partial charge in [-0.1, -0.05) is 0 Å². The molecule has 0 rings (SSSR count). The first-order chi connectivity index (χ1) is 12.4. The van der Waals surface area contributed by atoms with Crippen LogP contribution in [0.2, 0.25) is 0 Å². The van der Waals surface area contributed by atoms with Gasteiger partial charge in [-0.15, -0.1) is 0 Å². The van der Waals surface area contributed by atoms with E-state index in [1.54, 1.807) is 0 Å². The number of carbonyl (C=O) groups is 2. The van der Waals surface area contributed by atoms with E-state index >= 15 is 0 Å². The molecule has 0 aliphatic heterocycles. The lowest BCUT2D eigenvalue weighted by Gasteiger charge is -2.07. The molecule has 11 heteroatoms.